The molecule has 0 aliphatic heterocycles. The molecule has 0 spiro atoms. The quantitative estimate of drug-likeness (QED) is 0.270. The molecule has 0 radical (unpaired) electrons. The molecular weight excluding hydrogens is 374 g/mol. The van der Waals surface area contributed by atoms with Gasteiger partial charge in [0, 0.05) is 6.21 Å². The monoisotopic (exact) mass is 395 g/mol. The van der Waals surface area contributed by atoms with Crippen molar-refractivity contribution in [2.24, 2.45) is 4.99 Å². The second-order valence-electron chi connectivity index (χ2n) is 8.01. The maximum atomic E-state index is 4.59. The van der Waals surface area contributed by atoms with Crippen LogP contribution < -0.4 is 0 Å². The summed E-state index contributed by atoms with van der Waals surface area (Å²) in [5.41, 5.74) is 10.2. The van der Waals surface area contributed by atoms with Gasteiger partial charge in [-0.1, -0.05) is 109 Å². The number of benzene rings is 5. The maximum Gasteiger partial charge on any atom is 0.0639 e. The summed E-state index contributed by atoms with van der Waals surface area (Å²) >= 11 is 0. The number of aliphatic imine (C=N–C) groups is 1. The molecule has 0 unspecified atom stereocenters. The van der Waals surface area contributed by atoms with Gasteiger partial charge in [-0.2, -0.15) is 0 Å². The zero-order valence-electron chi connectivity index (χ0n) is 17.1. The fourth-order valence-corrected chi connectivity index (χ4v) is 4.65. The van der Waals surface area contributed by atoms with Crippen LogP contribution in [-0.4, -0.2) is 6.21 Å². The fraction of sp³-hybridized carbons (Fsp3) is 0.0333. The Balaban J connectivity index is 1.34. The van der Waals surface area contributed by atoms with Crippen molar-refractivity contribution in [1.82, 2.24) is 0 Å². The van der Waals surface area contributed by atoms with Gasteiger partial charge in [-0.15, -0.1) is 0 Å². The Morgan fingerprint density at radius 1 is 0.516 bits per heavy atom. The molecule has 5 aromatic carbocycles. The van der Waals surface area contributed by atoms with Crippen LogP contribution in [0.2, 0.25) is 0 Å². The van der Waals surface area contributed by atoms with E-state index in [-0.39, 0.29) is 0 Å². The molecule has 6 rings (SSSR count). The van der Waals surface area contributed by atoms with Crippen LogP contribution in [0.5, 0.6) is 0 Å². The molecule has 5 aromatic rings. The van der Waals surface area contributed by atoms with Gasteiger partial charge in [0.2, 0.25) is 0 Å². The van der Waals surface area contributed by atoms with Crippen LogP contribution in [0.15, 0.2) is 114 Å². The number of hydrogen-bond acceptors (Lipinski definition) is 1. The third-order valence-electron chi connectivity index (χ3n) is 6.13. The first-order valence-corrected chi connectivity index (χ1v) is 10.7. The summed E-state index contributed by atoms with van der Waals surface area (Å²) < 4.78 is 0. The Hall–Kier alpha value is -3.97. The molecule has 0 amide bonds. The number of fused-ring (bicyclic) bond motifs is 3. The van der Waals surface area contributed by atoms with Gasteiger partial charge in [0.15, 0.2) is 0 Å². The van der Waals surface area contributed by atoms with Gasteiger partial charge in [-0.3, -0.25) is 4.99 Å². The summed E-state index contributed by atoms with van der Waals surface area (Å²) in [6.07, 6.45) is 1.96. The molecule has 0 heterocycles. The average Bonchev–Trinajstić information content (AvgIpc) is 3.16. The predicted octanol–water partition coefficient (Wildman–Crippen LogP) is 7.77. The summed E-state index contributed by atoms with van der Waals surface area (Å²) in [5, 5.41) is 2.69. The molecule has 0 aromatic heterocycles. The fourth-order valence-electron chi connectivity index (χ4n) is 4.65. The van der Waals surface area contributed by atoms with Gasteiger partial charge in [-0.25, -0.2) is 0 Å². The van der Waals surface area contributed by atoms with Gasteiger partial charge in [0.05, 0.1) is 6.54 Å². The van der Waals surface area contributed by atoms with E-state index in [4.69, 9.17) is 0 Å². The minimum atomic E-state index is 0.706. The number of rotatable bonds is 4. The molecule has 0 N–H and O–H groups in total. The van der Waals surface area contributed by atoms with E-state index in [0.29, 0.717) is 6.54 Å². The highest BCUT2D eigenvalue weighted by Gasteiger charge is 2.21. The van der Waals surface area contributed by atoms with Crippen molar-refractivity contribution in [3.05, 3.63) is 120 Å². The lowest BCUT2D eigenvalue weighted by atomic mass is 9.94. The lowest BCUT2D eigenvalue weighted by molar-refractivity contribution is 1.08. The van der Waals surface area contributed by atoms with Crippen molar-refractivity contribution < 1.29 is 0 Å². The lowest BCUT2D eigenvalue weighted by Crippen LogP contribution is -1.86. The Morgan fingerprint density at radius 3 is 1.94 bits per heavy atom. The predicted molar refractivity (Wildman–Crippen MR) is 132 cm³/mol. The third kappa shape index (κ3) is 3.06. The first-order chi connectivity index (χ1) is 15.4. The van der Waals surface area contributed by atoms with Crippen LogP contribution in [-0.2, 0) is 6.54 Å². The topological polar surface area (TPSA) is 12.4 Å². The summed E-state index contributed by atoms with van der Waals surface area (Å²) in [4.78, 5) is 4.59. The van der Waals surface area contributed by atoms with Gasteiger partial charge in [0.25, 0.3) is 0 Å². The smallest absolute Gasteiger partial charge is 0.0639 e. The van der Waals surface area contributed by atoms with Crippen molar-refractivity contribution in [3.63, 3.8) is 0 Å². The van der Waals surface area contributed by atoms with E-state index in [2.05, 4.69) is 108 Å². The van der Waals surface area contributed by atoms with E-state index < -0.39 is 0 Å². The maximum absolute atomic E-state index is 4.59. The molecule has 0 fully saturated rings. The Kier molecular flexibility index (Phi) is 4.25. The summed E-state index contributed by atoms with van der Waals surface area (Å²) in [5.74, 6) is 0. The van der Waals surface area contributed by atoms with E-state index in [0.717, 1.165) is 5.56 Å². The highest BCUT2D eigenvalue weighted by molar-refractivity contribution is 6.18. The molecule has 31 heavy (non-hydrogen) atoms. The second kappa shape index (κ2) is 7.37. The standard InChI is InChI=1S/C30H21N/c1-2-7-21(8-3-1)19-31-20-22-13-15-23(16-14-22)24-17-18-29-26-10-5-4-9-25(26)28-12-6-11-27(24)30(28)29/h1-18,20H,19H2. The zero-order valence-corrected chi connectivity index (χ0v) is 17.1. The van der Waals surface area contributed by atoms with Gasteiger partial charge >= 0.3 is 0 Å². The van der Waals surface area contributed by atoms with E-state index in [9.17, 15) is 0 Å². The van der Waals surface area contributed by atoms with Crippen LogP contribution >= 0.6 is 0 Å². The summed E-state index contributed by atoms with van der Waals surface area (Å²) in [7, 11) is 0. The second-order valence-corrected chi connectivity index (χ2v) is 8.01. The average molecular weight is 396 g/mol. The Labute approximate surface area is 182 Å². The van der Waals surface area contributed by atoms with Gasteiger partial charge in [-0.05, 0) is 55.3 Å². The molecule has 1 nitrogen and oxygen atoms in total. The Morgan fingerprint density at radius 2 is 1.16 bits per heavy atom. The van der Waals surface area contributed by atoms with E-state index in [1.165, 1.54) is 49.7 Å². The summed E-state index contributed by atoms with van der Waals surface area (Å²) in [6.45, 7) is 0.706. The number of hydrogen-bond donors (Lipinski definition) is 0. The minimum Gasteiger partial charge on any atom is -0.288 e. The Bertz CT molecular complexity index is 1400. The molecule has 1 aliphatic rings. The highest BCUT2D eigenvalue weighted by Crippen LogP contribution is 2.48. The van der Waals surface area contributed by atoms with Crippen molar-refractivity contribution in [2.45, 2.75) is 6.54 Å². The normalized spacial score (nSPS) is 11.9. The van der Waals surface area contributed by atoms with Crippen molar-refractivity contribution in [2.75, 3.05) is 0 Å². The molecular formula is C30H21N. The van der Waals surface area contributed by atoms with Crippen molar-refractivity contribution >= 4 is 17.0 Å². The van der Waals surface area contributed by atoms with Crippen LogP contribution in [0, 0.1) is 0 Å². The van der Waals surface area contributed by atoms with Gasteiger partial charge in [0.1, 0.15) is 0 Å². The zero-order chi connectivity index (χ0) is 20.6. The van der Waals surface area contributed by atoms with Crippen LogP contribution in [0.4, 0.5) is 0 Å². The van der Waals surface area contributed by atoms with E-state index in [1.54, 1.807) is 0 Å². The van der Waals surface area contributed by atoms with E-state index >= 15 is 0 Å². The molecule has 0 atom stereocenters. The summed E-state index contributed by atoms with van der Waals surface area (Å²) in [6, 6.07) is 39.0. The third-order valence-corrected chi connectivity index (χ3v) is 6.13. The van der Waals surface area contributed by atoms with E-state index in [1.807, 2.05) is 12.3 Å². The molecule has 0 saturated heterocycles. The molecule has 1 heteroatoms. The van der Waals surface area contributed by atoms with Crippen LogP contribution in [0.25, 0.3) is 44.2 Å². The lowest BCUT2D eigenvalue weighted by Gasteiger charge is -2.10. The first-order valence-electron chi connectivity index (χ1n) is 10.7. The first kappa shape index (κ1) is 17.9. The van der Waals surface area contributed by atoms with Crippen LogP contribution in [0.3, 0.4) is 0 Å². The van der Waals surface area contributed by atoms with Crippen molar-refractivity contribution in [3.8, 4) is 33.4 Å². The minimum absolute atomic E-state index is 0.706. The van der Waals surface area contributed by atoms with Crippen LogP contribution in [0.1, 0.15) is 11.1 Å². The molecule has 146 valence electrons. The SMILES string of the molecule is C(=NCc1ccccc1)c1ccc(-c2ccc3c4c(cccc24)-c2ccccc2-3)cc1. The van der Waals surface area contributed by atoms with Crippen molar-refractivity contribution in [1.29, 1.82) is 0 Å². The molecule has 0 saturated carbocycles. The largest absolute Gasteiger partial charge is 0.288 e. The highest BCUT2D eigenvalue weighted by atomic mass is 14.7. The molecule has 0 bridgehead atoms. The number of nitrogens with zero attached hydrogens (tertiary/aromatic N) is 1. The molecule has 1 aliphatic carbocycles. The van der Waals surface area contributed by atoms with Gasteiger partial charge < -0.3 is 0 Å².